The highest BCUT2D eigenvalue weighted by atomic mass is 15.1. The number of benzene rings is 1. The molecule has 3 heteroatoms. The Morgan fingerprint density at radius 1 is 1.29 bits per heavy atom. The number of nitrogens with two attached hydrogens (primary N) is 1. The predicted octanol–water partition coefficient (Wildman–Crippen LogP) is 1.36. The van der Waals surface area contributed by atoms with Gasteiger partial charge in [-0.25, -0.2) is 0 Å². The molecular weight excluding hydrogens is 174 g/mol. The Morgan fingerprint density at radius 2 is 2.14 bits per heavy atom. The topological polar surface area (TPSA) is 41.6 Å². The van der Waals surface area contributed by atoms with Gasteiger partial charge in [-0.05, 0) is 6.07 Å². The summed E-state index contributed by atoms with van der Waals surface area (Å²) in [6.07, 6.45) is 5.60. The molecule has 1 aliphatic heterocycles. The maximum atomic E-state index is 5.55. The highest BCUT2D eigenvalue weighted by Gasteiger charge is 2.07. The monoisotopic (exact) mass is 187 g/mol. The standard InChI is InChI=1S/C11H13N3/c12-5-7-14-8-6-13-9-10-3-1-2-4-11(10)14/h1-4,6,8-9H,5,7,12H2. The molecule has 0 spiro atoms. The molecule has 0 saturated carbocycles. The third kappa shape index (κ3) is 1.67. The maximum Gasteiger partial charge on any atom is 0.0496 e. The number of rotatable bonds is 2. The Bertz CT molecular complexity index is 369. The molecule has 0 aliphatic carbocycles. The van der Waals surface area contributed by atoms with E-state index < -0.39 is 0 Å². The molecule has 0 bridgehead atoms. The van der Waals surface area contributed by atoms with E-state index in [0.29, 0.717) is 6.54 Å². The minimum Gasteiger partial charge on any atom is -0.345 e. The van der Waals surface area contributed by atoms with Crippen LogP contribution < -0.4 is 10.6 Å². The van der Waals surface area contributed by atoms with Gasteiger partial charge in [0.15, 0.2) is 0 Å². The molecule has 0 unspecified atom stereocenters. The van der Waals surface area contributed by atoms with Crippen LogP contribution in [0, 0.1) is 0 Å². The van der Waals surface area contributed by atoms with Crippen molar-refractivity contribution in [1.82, 2.24) is 0 Å². The zero-order valence-corrected chi connectivity index (χ0v) is 7.93. The molecule has 0 saturated heterocycles. The molecule has 0 amide bonds. The van der Waals surface area contributed by atoms with Gasteiger partial charge in [-0.2, -0.15) is 0 Å². The van der Waals surface area contributed by atoms with Crippen molar-refractivity contribution in [2.75, 3.05) is 18.0 Å². The van der Waals surface area contributed by atoms with E-state index in [1.807, 2.05) is 24.5 Å². The van der Waals surface area contributed by atoms with Crippen LogP contribution in [0.1, 0.15) is 5.56 Å². The Hall–Kier alpha value is -1.61. The van der Waals surface area contributed by atoms with E-state index in [1.54, 1.807) is 6.20 Å². The molecule has 72 valence electrons. The number of hydrogen-bond acceptors (Lipinski definition) is 3. The fraction of sp³-hybridized carbons (Fsp3) is 0.182. The highest BCUT2D eigenvalue weighted by Crippen LogP contribution is 2.20. The van der Waals surface area contributed by atoms with E-state index in [9.17, 15) is 0 Å². The summed E-state index contributed by atoms with van der Waals surface area (Å²) in [5.74, 6) is 0. The smallest absolute Gasteiger partial charge is 0.0496 e. The van der Waals surface area contributed by atoms with E-state index in [2.05, 4.69) is 22.0 Å². The van der Waals surface area contributed by atoms with Crippen molar-refractivity contribution in [3.8, 4) is 0 Å². The van der Waals surface area contributed by atoms with Gasteiger partial charge in [0, 0.05) is 43.0 Å². The van der Waals surface area contributed by atoms with Gasteiger partial charge in [-0.3, -0.25) is 4.99 Å². The lowest BCUT2D eigenvalue weighted by molar-refractivity contribution is 0.916. The fourth-order valence-corrected chi connectivity index (χ4v) is 1.51. The molecule has 2 rings (SSSR count). The van der Waals surface area contributed by atoms with Gasteiger partial charge in [0.25, 0.3) is 0 Å². The van der Waals surface area contributed by atoms with Crippen molar-refractivity contribution >= 4 is 11.9 Å². The first-order valence-corrected chi connectivity index (χ1v) is 4.67. The number of aliphatic imine (C=N–C) groups is 1. The van der Waals surface area contributed by atoms with Gasteiger partial charge in [0.2, 0.25) is 0 Å². The second kappa shape index (κ2) is 4.07. The van der Waals surface area contributed by atoms with Crippen LogP contribution in [0.2, 0.25) is 0 Å². The fourth-order valence-electron chi connectivity index (χ4n) is 1.51. The maximum absolute atomic E-state index is 5.55. The largest absolute Gasteiger partial charge is 0.345 e. The minimum absolute atomic E-state index is 0.638. The number of fused-ring (bicyclic) bond motifs is 1. The van der Waals surface area contributed by atoms with Crippen molar-refractivity contribution in [3.63, 3.8) is 0 Å². The van der Waals surface area contributed by atoms with Gasteiger partial charge < -0.3 is 10.6 Å². The molecule has 0 radical (unpaired) electrons. The molecule has 1 aromatic rings. The van der Waals surface area contributed by atoms with Crippen LogP contribution in [0.15, 0.2) is 41.7 Å². The van der Waals surface area contributed by atoms with E-state index in [-0.39, 0.29) is 0 Å². The van der Waals surface area contributed by atoms with Crippen molar-refractivity contribution in [2.45, 2.75) is 0 Å². The second-order valence-corrected chi connectivity index (χ2v) is 3.12. The zero-order valence-electron chi connectivity index (χ0n) is 7.93. The highest BCUT2D eigenvalue weighted by molar-refractivity contribution is 5.89. The normalized spacial score (nSPS) is 13.9. The molecule has 1 aromatic carbocycles. The van der Waals surface area contributed by atoms with Crippen LogP contribution in [-0.4, -0.2) is 19.3 Å². The first-order valence-electron chi connectivity index (χ1n) is 4.67. The Kier molecular flexibility index (Phi) is 2.60. The zero-order chi connectivity index (χ0) is 9.80. The van der Waals surface area contributed by atoms with Crippen molar-refractivity contribution in [1.29, 1.82) is 0 Å². The van der Waals surface area contributed by atoms with Crippen LogP contribution in [0.25, 0.3) is 0 Å². The molecule has 1 aliphatic rings. The third-order valence-electron chi connectivity index (χ3n) is 2.16. The number of para-hydroxylation sites is 1. The van der Waals surface area contributed by atoms with E-state index >= 15 is 0 Å². The summed E-state index contributed by atoms with van der Waals surface area (Å²) in [7, 11) is 0. The SMILES string of the molecule is NCCN1C=CN=Cc2ccccc21. The predicted molar refractivity (Wildman–Crippen MR) is 59.6 cm³/mol. The molecule has 0 fully saturated rings. The lowest BCUT2D eigenvalue weighted by atomic mass is 10.2. The van der Waals surface area contributed by atoms with Gasteiger partial charge >= 0.3 is 0 Å². The summed E-state index contributed by atoms with van der Waals surface area (Å²) in [5.41, 5.74) is 7.84. The second-order valence-electron chi connectivity index (χ2n) is 3.12. The van der Waals surface area contributed by atoms with Gasteiger partial charge in [0.05, 0.1) is 0 Å². The summed E-state index contributed by atoms with van der Waals surface area (Å²) >= 11 is 0. The van der Waals surface area contributed by atoms with Gasteiger partial charge in [-0.15, -0.1) is 0 Å². The number of nitrogens with zero attached hydrogens (tertiary/aromatic N) is 2. The van der Waals surface area contributed by atoms with E-state index in [1.165, 1.54) is 0 Å². The number of hydrogen-bond donors (Lipinski definition) is 1. The van der Waals surface area contributed by atoms with Crippen molar-refractivity contribution in [3.05, 3.63) is 42.2 Å². The molecule has 2 N–H and O–H groups in total. The molecule has 3 nitrogen and oxygen atoms in total. The van der Waals surface area contributed by atoms with Crippen LogP contribution in [0.3, 0.4) is 0 Å². The number of anilines is 1. The Morgan fingerprint density at radius 3 is 3.00 bits per heavy atom. The van der Waals surface area contributed by atoms with E-state index in [0.717, 1.165) is 17.8 Å². The average molecular weight is 187 g/mol. The third-order valence-corrected chi connectivity index (χ3v) is 2.16. The van der Waals surface area contributed by atoms with Crippen LogP contribution in [-0.2, 0) is 0 Å². The van der Waals surface area contributed by atoms with Crippen LogP contribution in [0.5, 0.6) is 0 Å². The first kappa shape index (κ1) is 8.97. The average Bonchev–Trinajstić information content (AvgIpc) is 2.42. The van der Waals surface area contributed by atoms with Crippen molar-refractivity contribution in [2.24, 2.45) is 10.7 Å². The van der Waals surface area contributed by atoms with Gasteiger partial charge in [-0.1, -0.05) is 18.2 Å². The van der Waals surface area contributed by atoms with Crippen LogP contribution in [0.4, 0.5) is 5.69 Å². The molecule has 0 atom stereocenters. The summed E-state index contributed by atoms with van der Waals surface area (Å²) in [4.78, 5) is 6.27. The minimum atomic E-state index is 0.638. The molecule has 0 aromatic heterocycles. The molecule has 1 heterocycles. The molecular formula is C11H13N3. The van der Waals surface area contributed by atoms with Crippen molar-refractivity contribution < 1.29 is 0 Å². The summed E-state index contributed by atoms with van der Waals surface area (Å²) < 4.78 is 0. The summed E-state index contributed by atoms with van der Waals surface area (Å²) in [6, 6.07) is 8.16. The van der Waals surface area contributed by atoms with Crippen LogP contribution >= 0.6 is 0 Å². The lowest BCUT2D eigenvalue weighted by Crippen LogP contribution is -2.24. The summed E-state index contributed by atoms with van der Waals surface area (Å²) in [6.45, 7) is 1.45. The Balaban J connectivity index is 2.39. The lowest BCUT2D eigenvalue weighted by Gasteiger charge is -2.19. The first-order chi connectivity index (χ1) is 6.92. The summed E-state index contributed by atoms with van der Waals surface area (Å²) in [5, 5.41) is 0. The van der Waals surface area contributed by atoms with Gasteiger partial charge in [0.1, 0.15) is 0 Å². The van der Waals surface area contributed by atoms with E-state index in [4.69, 9.17) is 5.73 Å². The Labute approximate surface area is 83.6 Å². The quantitative estimate of drug-likeness (QED) is 0.759. The molecule has 14 heavy (non-hydrogen) atoms.